The van der Waals surface area contributed by atoms with Crippen molar-refractivity contribution in [1.82, 2.24) is 5.32 Å². The SMILES string of the molecule is COc1ccc(NC(=O)C[C@H]2SC(=NN=C3CCC(C)CC3)NC2=O)cc1. The van der Waals surface area contributed by atoms with Crippen molar-refractivity contribution in [3.63, 3.8) is 0 Å². The van der Waals surface area contributed by atoms with Crippen LogP contribution in [0.3, 0.4) is 0 Å². The van der Waals surface area contributed by atoms with Gasteiger partial charge in [0.05, 0.1) is 7.11 Å². The maximum atomic E-state index is 12.2. The smallest absolute Gasteiger partial charge is 0.240 e. The molecule has 2 fully saturated rings. The van der Waals surface area contributed by atoms with Gasteiger partial charge in [0.1, 0.15) is 11.0 Å². The van der Waals surface area contributed by atoms with E-state index in [2.05, 4.69) is 27.8 Å². The second-order valence-electron chi connectivity index (χ2n) is 6.83. The van der Waals surface area contributed by atoms with E-state index in [4.69, 9.17) is 4.74 Å². The van der Waals surface area contributed by atoms with Gasteiger partial charge < -0.3 is 15.4 Å². The standard InChI is InChI=1S/C19H24N4O3S/c1-12-3-5-14(6-4-12)22-23-19-21-18(25)16(27-19)11-17(24)20-13-7-9-15(26-2)10-8-13/h7-10,12,16H,3-6,11H2,1-2H3,(H,20,24)(H,21,23,25)/t12?,16-/m1/s1. The van der Waals surface area contributed by atoms with Gasteiger partial charge in [-0.3, -0.25) is 9.59 Å². The van der Waals surface area contributed by atoms with Crippen molar-refractivity contribution in [1.29, 1.82) is 0 Å². The van der Waals surface area contributed by atoms with Crippen LogP contribution in [0.1, 0.15) is 39.0 Å². The van der Waals surface area contributed by atoms with Crippen molar-refractivity contribution in [2.75, 3.05) is 12.4 Å². The number of nitrogens with zero attached hydrogens (tertiary/aromatic N) is 2. The second-order valence-corrected chi connectivity index (χ2v) is 8.02. The van der Waals surface area contributed by atoms with Gasteiger partial charge in [0.25, 0.3) is 0 Å². The van der Waals surface area contributed by atoms with Crippen molar-refractivity contribution < 1.29 is 14.3 Å². The molecule has 1 saturated carbocycles. The zero-order valence-electron chi connectivity index (χ0n) is 15.5. The van der Waals surface area contributed by atoms with E-state index in [1.54, 1.807) is 31.4 Å². The summed E-state index contributed by atoms with van der Waals surface area (Å²) in [4.78, 5) is 24.3. The minimum Gasteiger partial charge on any atom is -0.497 e. The summed E-state index contributed by atoms with van der Waals surface area (Å²) in [7, 11) is 1.59. The largest absolute Gasteiger partial charge is 0.497 e. The number of ether oxygens (including phenoxy) is 1. The Hall–Kier alpha value is -2.35. The van der Waals surface area contributed by atoms with Crippen LogP contribution in [-0.4, -0.2) is 35.1 Å². The summed E-state index contributed by atoms with van der Waals surface area (Å²) >= 11 is 1.25. The molecule has 7 nitrogen and oxygen atoms in total. The summed E-state index contributed by atoms with van der Waals surface area (Å²) in [5.41, 5.74) is 1.74. The zero-order chi connectivity index (χ0) is 19.2. The highest BCUT2D eigenvalue weighted by Gasteiger charge is 2.32. The van der Waals surface area contributed by atoms with Crippen molar-refractivity contribution in [2.24, 2.45) is 16.1 Å². The van der Waals surface area contributed by atoms with Gasteiger partial charge >= 0.3 is 0 Å². The number of hydrogen-bond acceptors (Lipinski definition) is 6. The van der Waals surface area contributed by atoms with Crippen LogP contribution in [0.25, 0.3) is 0 Å². The molecule has 1 aliphatic heterocycles. The second kappa shape index (κ2) is 9.03. The lowest BCUT2D eigenvalue weighted by molar-refractivity contribution is -0.122. The van der Waals surface area contributed by atoms with Gasteiger partial charge in [-0.25, -0.2) is 0 Å². The monoisotopic (exact) mass is 388 g/mol. The number of nitrogens with one attached hydrogen (secondary N) is 2. The third-order valence-electron chi connectivity index (χ3n) is 4.65. The Morgan fingerprint density at radius 3 is 2.63 bits per heavy atom. The number of anilines is 1. The van der Waals surface area contributed by atoms with Crippen molar-refractivity contribution in [3.8, 4) is 5.75 Å². The summed E-state index contributed by atoms with van der Waals surface area (Å²) in [5.74, 6) is 1.03. The van der Waals surface area contributed by atoms with Crippen molar-refractivity contribution in [3.05, 3.63) is 24.3 Å². The molecule has 0 spiro atoms. The topological polar surface area (TPSA) is 92.2 Å². The maximum Gasteiger partial charge on any atom is 0.240 e. The van der Waals surface area contributed by atoms with Crippen LogP contribution in [0, 0.1) is 5.92 Å². The number of thioether (sulfide) groups is 1. The van der Waals surface area contributed by atoms with Crippen molar-refractivity contribution >= 4 is 40.1 Å². The molecule has 2 N–H and O–H groups in total. The van der Waals surface area contributed by atoms with E-state index < -0.39 is 5.25 Å². The number of carbonyl (C=O) groups is 2. The molecule has 1 atom stereocenters. The minimum absolute atomic E-state index is 0.0790. The van der Waals surface area contributed by atoms with Crippen LogP contribution >= 0.6 is 11.8 Å². The lowest BCUT2D eigenvalue weighted by Crippen LogP contribution is -2.28. The highest BCUT2D eigenvalue weighted by molar-refractivity contribution is 8.15. The Balaban J connectivity index is 1.51. The first-order valence-electron chi connectivity index (χ1n) is 9.08. The first-order valence-corrected chi connectivity index (χ1v) is 9.96. The molecule has 0 aromatic heterocycles. The number of hydrogen-bond donors (Lipinski definition) is 2. The average molecular weight is 388 g/mol. The van der Waals surface area contributed by atoms with Gasteiger partial charge in [0, 0.05) is 17.8 Å². The molecule has 1 aromatic rings. The number of amidine groups is 1. The van der Waals surface area contributed by atoms with Crippen LogP contribution in [0.5, 0.6) is 5.75 Å². The van der Waals surface area contributed by atoms with Gasteiger partial charge in [-0.15, -0.1) is 5.10 Å². The molecule has 2 amide bonds. The van der Waals surface area contributed by atoms with E-state index in [0.29, 0.717) is 16.6 Å². The molecule has 3 rings (SSSR count). The third-order valence-corrected chi connectivity index (χ3v) is 5.73. The van der Waals surface area contributed by atoms with Gasteiger partial charge in [-0.1, -0.05) is 18.7 Å². The number of methoxy groups -OCH3 is 1. The quantitative estimate of drug-likeness (QED) is 0.758. The summed E-state index contributed by atoms with van der Waals surface area (Å²) in [5, 5.41) is 13.9. The molecule has 1 aromatic carbocycles. The summed E-state index contributed by atoms with van der Waals surface area (Å²) in [6.45, 7) is 2.25. The Bertz CT molecular complexity index is 751. The predicted molar refractivity (Wildman–Crippen MR) is 108 cm³/mol. The number of carbonyl (C=O) groups excluding carboxylic acids is 2. The molecule has 1 aliphatic carbocycles. The Morgan fingerprint density at radius 2 is 1.96 bits per heavy atom. The summed E-state index contributed by atoms with van der Waals surface area (Å²) in [6, 6.07) is 7.05. The van der Waals surface area contributed by atoms with Gasteiger partial charge in [-0.2, -0.15) is 5.10 Å². The van der Waals surface area contributed by atoms with E-state index in [1.165, 1.54) is 11.8 Å². The molecule has 27 heavy (non-hydrogen) atoms. The third kappa shape index (κ3) is 5.56. The number of benzene rings is 1. The molecule has 2 aliphatic rings. The Morgan fingerprint density at radius 1 is 1.26 bits per heavy atom. The molecule has 0 unspecified atom stereocenters. The van der Waals surface area contributed by atoms with Gasteiger partial charge in [0.15, 0.2) is 5.17 Å². The predicted octanol–water partition coefficient (Wildman–Crippen LogP) is 3.18. The Labute approximate surface area is 163 Å². The number of rotatable bonds is 5. The van der Waals surface area contributed by atoms with E-state index in [-0.39, 0.29) is 18.2 Å². The lowest BCUT2D eigenvalue weighted by atomic mass is 9.90. The summed E-state index contributed by atoms with van der Waals surface area (Å²) in [6.07, 6.45) is 4.28. The number of amides is 2. The molecule has 0 bridgehead atoms. The van der Waals surface area contributed by atoms with Crippen LogP contribution in [-0.2, 0) is 9.59 Å². The molecule has 1 heterocycles. The minimum atomic E-state index is -0.492. The van der Waals surface area contributed by atoms with Crippen LogP contribution < -0.4 is 15.4 Å². The fourth-order valence-corrected chi connectivity index (χ4v) is 3.87. The van der Waals surface area contributed by atoms with Gasteiger partial charge in [0.2, 0.25) is 11.8 Å². The van der Waals surface area contributed by atoms with Crippen molar-refractivity contribution in [2.45, 2.75) is 44.3 Å². The normalized spacial score (nSPS) is 23.9. The average Bonchev–Trinajstić information content (AvgIpc) is 3.01. The fraction of sp³-hybridized carbons (Fsp3) is 0.474. The van der Waals surface area contributed by atoms with Crippen LogP contribution in [0.15, 0.2) is 34.5 Å². The maximum absolute atomic E-state index is 12.2. The highest BCUT2D eigenvalue weighted by Crippen LogP contribution is 2.25. The first kappa shape index (κ1) is 19.4. The highest BCUT2D eigenvalue weighted by atomic mass is 32.2. The van der Waals surface area contributed by atoms with Gasteiger partial charge in [-0.05, 0) is 55.9 Å². The fourth-order valence-electron chi connectivity index (χ4n) is 2.95. The van der Waals surface area contributed by atoms with Crippen LogP contribution in [0.2, 0.25) is 0 Å². The first-order chi connectivity index (χ1) is 13.0. The molecular formula is C19H24N4O3S. The van der Waals surface area contributed by atoms with E-state index >= 15 is 0 Å². The zero-order valence-corrected chi connectivity index (χ0v) is 16.3. The van der Waals surface area contributed by atoms with E-state index in [1.807, 2.05) is 0 Å². The molecule has 1 saturated heterocycles. The van der Waals surface area contributed by atoms with E-state index in [9.17, 15) is 9.59 Å². The molecular weight excluding hydrogens is 364 g/mol. The molecule has 0 radical (unpaired) electrons. The molecule has 8 heteroatoms. The lowest BCUT2D eigenvalue weighted by Gasteiger charge is -2.17. The Kier molecular flexibility index (Phi) is 6.49. The molecule has 144 valence electrons. The summed E-state index contributed by atoms with van der Waals surface area (Å²) < 4.78 is 5.09. The van der Waals surface area contributed by atoms with Crippen LogP contribution in [0.4, 0.5) is 5.69 Å². The van der Waals surface area contributed by atoms with E-state index in [0.717, 1.165) is 37.3 Å².